The van der Waals surface area contributed by atoms with Crippen LogP contribution in [-0.2, 0) is 21.2 Å². The highest BCUT2D eigenvalue weighted by Crippen LogP contribution is 2.30. The number of carbonyl (C=O) groups excluding carboxylic acids is 1. The molecule has 0 atom stereocenters. The Bertz CT molecular complexity index is 1550. The van der Waals surface area contributed by atoms with E-state index < -0.39 is 15.7 Å². The number of hydrogen-bond donors (Lipinski definition) is 0. The van der Waals surface area contributed by atoms with Gasteiger partial charge in [0.05, 0.1) is 11.5 Å². The first kappa shape index (κ1) is 25.7. The third kappa shape index (κ3) is 5.96. The van der Waals surface area contributed by atoms with E-state index in [1.807, 2.05) is 30.3 Å². The van der Waals surface area contributed by atoms with E-state index in [1.54, 1.807) is 11.0 Å². The minimum Gasteiger partial charge on any atom is -0.490 e. The normalized spacial score (nSPS) is 14.5. The van der Waals surface area contributed by atoms with Gasteiger partial charge in [0.2, 0.25) is 5.89 Å². The molecular weight excluding hydrogens is 511 g/mol. The first-order valence-electron chi connectivity index (χ1n) is 12.3. The summed E-state index contributed by atoms with van der Waals surface area (Å²) in [4.78, 5) is 18.5. The molecule has 0 N–H and O–H groups in total. The summed E-state index contributed by atoms with van der Waals surface area (Å²) in [6.07, 6.45) is 2.26. The maximum Gasteiger partial charge on any atom is 0.410 e. The molecule has 0 radical (unpaired) electrons. The van der Waals surface area contributed by atoms with Gasteiger partial charge in [-0.2, -0.15) is 0 Å². The molecule has 0 unspecified atom stereocenters. The minimum absolute atomic E-state index is 0.119. The molecule has 38 heavy (non-hydrogen) atoms. The van der Waals surface area contributed by atoms with Crippen molar-refractivity contribution in [3.05, 3.63) is 78.1 Å². The molecular formula is C28H27FN2O6S. The van der Waals surface area contributed by atoms with Crippen LogP contribution < -0.4 is 4.74 Å². The molecule has 10 heteroatoms. The zero-order chi connectivity index (χ0) is 26.7. The van der Waals surface area contributed by atoms with E-state index in [4.69, 9.17) is 13.9 Å². The first-order valence-corrected chi connectivity index (χ1v) is 14.1. The van der Waals surface area contributed by atoms with E-state index in [0.29, 0.717) is 36.4 Å². The predicted octanol–water partition coefficient (Wildman–Crippen LogP) is 5.47. The summed E-state index contributed by atoms with van der Waals surface area (Å²) < 4.78 is 55.2. The topological polar surface area (TPSA) is 98.9 Å². The fourth-order valence-corrected chi connectivity index (χ4v) is 4.95. The van der Waals surface area contributed by atoms with Crippen molar-refractivity contribution >= 4 is 27.0 Å². The number of oxazole rings is 1. The summed E-state index contributed by atoms with van der Waals surface area (Å²) in [5.41, 5.74) is 2.13. The lowest BCUT2D eigenvalue weighted by Gasteiger charge is -2.31. The number of aromatic nitrogens is 1. The van der Waals surface area contributed by atoms with E-state index >= 15 is 0 Å². The number of halogens is 1. The van der Waals surface area contributed by atoms with Gasteiger partial charge in [-0.25, -0.2) is 22.6 Å². The Hall–Kier alpha value is -3.92. The fourth-order valence-electron chi connectivity index (χ4n) is 4.31. The van der Waals surface area contributed by atoms with Crippen molar-refractivity contribution in [2.45, 2.75) is 24.3 Å². The summed E-state index contributed by atoms with van der Waals surface area (Å²) in [6, 6.07) is 18.4. The Morgan fingerprint density at radius 3 is 2.55 bits per heavy atom. The van der Waals surface area contributed by atoms with Crippen molar-refractivity contribution < 1.29 is 31.5 Å². The molecule has 1 amide bonds. The molecule has 1 aromatic heterocycles. The highest BCUT2D eigenvalue weighted by Gasteiger charge is 2.24. The molecule has 0 spiro atoms. The number of piperidine rings is 1. The average Bonchev–Trinajstić information content (AvgIpc) is 3.35. The highest BCUT2D eigenvalue weighted by molar-refractivity contribution is 7.90. The number of hydrogen-bond acceptors (Lipinski definition) is 7. The number of fused-ring (bicyclic) bond motifs is 1. The van der Waals surface area contributed by atoms with Gasteiger partial charge in [-0.1, -0.05) is 30.3 Å². The number of carbonyl (C=O) groups is 1. The van der Waals surface area contributed by atoms with E-state index in [1.165, 1.54) is 30.3 Å². The lowest BCUT2D eigenvalue weighted by Crippen LogP contribution is -2.40. The molecule has 4 aromatic rings. The van der Waals surface area contributed by atoms with Crippen LogP contribution in [0.4, 0.5) is 9.18 Å². The van der Waals surface area contributed by atoms with Gasteiger partial charge in [0.15, 0.2) is 27.0 Å². The number of likely N-dealkylation sites (tertiary alicyclic amines) is 1. The molecule has 1 aliphatic heterocycles. The molecule has 3 aromatic carbocycles. The molecule has 0 bridgehead atoms. The van der Waals surface area contributed by atoms with Crippen LogP contribution in [0.3, 0.4) is 0 Å². The van der Waals surface area contributed by atoms with Gasteiger partial charge in [0, 0.05) is 24.9 Å². The summed E-state index contributed by atoms with van der Waals surface area (Å²) >= 11 is 0. The Morgan fingerprint density at radius 2 is 1.84 bits per heavy atom. The van der Waals surface area contributed by atoms with E-state index in [0.717, 1.165) is 24.7 Å². The molecule has 2 heterocycles. The van der Waals surface area contributed by atoms with Crippen LogP contribution in [0.1, 0.15) is 18.4 Å². The van der Waals surface area contributed by atoms with E-state index in [9.17, 15) is 17.6 Å². The number of sulfone groups is 1. The molecule has 198 valence electrons. The molecule has 0 saturated carbocycles. The molecule has 1 fully saturated rings. The molecule has 8 nitrogen and oxygen atoms in total. The van der Waals surface area contributed by atoms with Crippen molar-refractivity contribution in [3.63, 3.8) is 0 Å². The van der Waals surface area contributed by atoms with Crippen molar-refractivity contribution in [1.82, 2.24) is 9.88 Å². The number of nitrogens with zero attached hydrogens (tertiary/aromatic N) is 2. The van der Waals surface area contributed by atoms with Crippen molar-refractivity contribution in [1.29, 1.82) is 0 Å². The maximum atomic E-state index is 14.8. The lowest BCUT2D eigenvalue weighted by molar-refractivity contribution is 0.0758. The zero-order valence-electron chi connectivity index (χ0n) is 20.8. The summed E-state index contributed by atoms with van der Waals surface area (Å²) in [6.45, 7) is 1.69. The van der Waals surface area contributed by atoms with Gasteiger partial charge >= 0.3 is 6.09 Å². The standard InChI is InChI=1S/C28H27FN2O6S/c1-38(33,34)22-8-10-26-24(16-22)30-27(37-26)21-7-9-25(23(29)15-21)35-17-20-11-13-31(14-12-20)28(32)36-18-19-5-3-2-4-6-19/h2-10,15-16,20H,11-14,17-18H2,1H3. The Labute approximate surface area is 219 Å². The molecule has 1 aliphatic rings. The van der Waals surface area contributed by atoms with Crippen LogP contribution in [0.5, 0.6) is 5.75 Å². The van der Waals surface area contributed by atoms with Crippen molar-refractivity contribution in [2.24, 2.45) is 5.92 Å². The quantitative estimate of drug-likeness (QED) is 0.308. The Morgan fingerprint density at radius 1 is 1.08 bits per heavy atom. The van der Waals surface area contributed by atoms with Gasteiger partial charge in [-0.05, 0) is 60.7 Å². The van der Waals surface area contributed by atoms with Crippen molar-refractivity contribution in [3.8, 4) is 17.2 Å². The zero-order valence-corrected chi connectivity index (χ0v) is 21.6. The molecule has 1 saturated heterocycles. The Balaban J connectivity index is 1.14. The second-order valence-corrected chi connectivity index (χ2v) is 11.4. The average molecular weight is 539 g/mol. The van der Waals surface area contributed by atoms with Gasteiger partial charge in [-0.15, -0.1) is 0 Å². The summed E-state index contributed by atoms with van der Waals surface area (Å²) in [5.74, 6) is -0.0617. The minimum atomic E-state index is -3.38. The second kappa shape index (κ2) is 10.8. The predicted molar refractivity (Wildman–Crippen MR) is 139 cm³/mol. The van der Waals surface area contributed by atoms with Crippen LogP contribution in [0.15, 0.2) is 76.0 Å². The van der Waals surface area contributed by atoms with E-state index in [2.05, 4.69) is 4.98 Å². The van der Waals surface area contributed by atoms with Crippen LogP contribution in [0.2, 0.25) is 0 Å². The van der Waals surface area contributed by atoms with Crippen molar-refractivity contribution in [2.75, 3.05) is 26.0 Å². The third-order valence-corrected chi connectivity index (χ3v) is 7.63. The van der Waals surface area contributed by atoms with Crippen LogP contribution in [-0.4, -0.2) is 50.3 Å². The van der Waals surface area contributed by atoms with E-state index in [-0.39, 0.29) is 35.2 Å². The number of benzene rings is 3. The third-order valence-electron chi connectivity index (χ3n) is 6.52. The van der Waals surface area contributed by atoms with Gasteiger partial charge in [0.25, 0.3) is 0 Å². The number of ether oxygens (including phenoxy) is 2. The number of rotatable bonds is 7. The number of amides is 1. The maximum absolute atomic E-state index is 14.8. The lowest BCUT2D eigenvalue weighted by atomic mass is 9.98. The highest BCUT2D eigenvalue weighted by atomic mass is 32.2. The van der Waals surface area contributed by atoms with Crippen LogP contribution in [0.25, 0.3) is 22.6 Å². The molecule has 0 aliphatic carbocycles. The second-order valence-electron chi connectivity index (χ2n) is 9.35. The molecule has 5 rings (SSSR count). The van der Waals surface area contributed by atoms with Gasteiger partial charge in [0.1, 0.15) is 12.1 Å². The smallest absolute Gasteiger partial charge is 0.410 e. The first-order chi connectivity index (χ1) is 18.3. The van der Waals surface area contributed by atoms with Gasteiger partial charge < -0.3 is 18.8 Å². The fraction of sp³-hybridized carbons (Fsp3) is 0.286. The SMILES string of the molecule is CS(=O)(=O)c1ccc2oc(-c3ccc(OCC4CCN(C(=O)OCc5ccccc5)CC4)c(F)c3)nc2c1. The summed E-state index contributed by atoms with van der Waals surface area (Å²) in [7, 11) is -3.38. The van der Waals surface area contributed by atoms with Gasteiger partial charge in [-0.3, -0.25) is 0 Å². The Kier molecular flexibility index (Phi) is 7.33. The monoisotopic (exact) mass is 538 g/mol. The summed E-state index contributed by atoms with van der Waals surface area (Å²) in [5, 5.41) is 0. The van der Waals surface area contributed by atoms with Crippen LogP contribution in [0, 0.1) is 11.7 Å². The largest absolute Gasteiger partial charge is 0.490 e. The van der Waals surface area contributed by atoms with Crippen LogP contribution >= 0.6 is 0 Å².